The fourth-order valence-corrected chi connectivity index (χ4v) is 5.10. The molecule has 2 N–H and O–H groups in total. The summed E-state index contributed by atoms with van der Waals surface area (Å²) in [6.07, 6.45) is 4.54. The number of amides is 1. The Morgan fingerprint density at radius 3 is 2.28 bits per heavy atom. The molecule has 0 bridgehead atoms. The lowest BCUT2D eigenvalue weighted by atomic mass is 9.87. The molecule has 0 radical (unpaired) electrons. The van der Waals surface area contributed by atoms with Gasteiger partial charge in [0.1, 0.15) is 0 Å². The highest BCUT2D eigenvalue weighted by molar-refractivity contribution is 7.89. The third kappa shape index (κ3) is 3.73. The van der Waals surface area contributed by atoms with Gasteiger partial charge in [-0.05, 0) is 50.2 Å². The Morgan fingerprint density at radius 2 is 1.76 bits per heavy atom. The molecule has 1 unspecified atom stereocenters. The van der Waals surface area contributed by atoms with Gasteiger partial charge in [-0.1, -0.05) is 18.2 Å². The van der Waals surface area contributed by atoms with Crippen LogP contribution in [0.4, 0.5) is 0 Å². The van der Waals surface area contributed by atoms with Crippen molar-refractivity contribution in [1.29, 1.82) is 0 Å². The van der Waals surface area contributed by atoms with E-state index in [9.17, 15) is 13.2 Å². The zero-order valence-corrected chi connectivity index (χ0v) is 15.5. The van der Waals surface area contributed by atoms with Gasteiger partial charge < -0.3 is 10.6 Å². The molecule has 1 saturated carbocycles. The first-order valence-corrected chi connectivity index (χ1v) is 10.4. The third-order valence-corrected chi connectivity index (χ3v) is 7.56. The summed E-state index contributed by atoms with van der Waals surface area (Å²) >= 11 is 0. The van der Waals surface area contributed by atoms with E-state index in [4.69, 9.17) is 5.73 Å². The second-order valence-electron chi connectivity index (χ2n) is 7.11. The van der Waals surface area contributed by atoms with E-state index in [0.29, 0.717) is 36.9 Å². The molecule has 1 aromatic rings. The van der Waals surface area contributed by atoms with Gasteiger partial charge >= 0.3 is 0 Å². The van der Waals surface area contributed by atoms with Gasteiger partial charge in [-0.2, -0.15) is 4.31 Å². The Hall–Kier alpha value is -1.44. The number of likely N-dealkylation sites (N-methyl/N-ethyl adjacent to an activating group) is 1. The maximum Gasteiger partial charge on any atom is 0.243 e. The Kier molecular flexibility index (Phi) is 5.46. The summed E-state index contributed by atoms with van der Waals surface area (Å²) in [7, 11) is -1.62. The number of sulfonamides is 1. The van der Waals surface area contributed by atoms with Crippen LogP contribution in [0, 0.1) is 5.92 Å². The van der Waals surface area contributed by atoms with Crippen molar-refractivity contribution in [2.45, 2.75) is 49.1 Å². The lowest BCUT2D eigenvalue weighted by Crippen LogP contribution is -2.53. The zero-order chi connectivity index (χ0) is 18.0. The minimum absolute atomic E-state index is 0.00549. The van der Waals surface area contributed by atoms with Gasteiger partial charge in [0, 0.05) is 26.2 Å². The molecular formula is C18H27N3O3S. The smallest absolute Gasteiger partial charge is 0.243 e. The Bertz CT molecular complexity index is 696. The van der Waals surface area contributed by atoms with Gasteiger partial charge in [0.25, 0.3) is 0 Å². The minimum Gasteiger partial charge on any atom is -0.341 e. The molecule has 6 nitrogen and oxygen atoms in total. The number of hydrogen-bond acceptors (Lipinski definition) is 4. The molecule has 1 saturated heterocycles. The van der Waals surface area contributed by atoms with Crippen LogP contribution < -0.4 is 5.73 Å². The van der Waals surface area contributed by atoms with Crippen LogP contribution in [-0.4, -0.2) is 55.8 Å². The quantitative estimate of drug-likeness (QED) is 0.855. The normalized spacial score (nSPS) is 21.5. The molecular weight excluding hydrogens is 338 g/mol. The molecule has 0 aromatic heterocycles. The number of piperidine rings is 1. The summed E-state index contributed by atoms with van der Waals surface area (Å²) in [4.78, 5) is 14.7. The molecule has 1 amide bonds. The topological polar surface area (TPSA) is 83.7 Å². The van der Waals surface area contributed by atoms with E-state index in [1.54, 1.807) is 35.2 Å². The first-order chi connectivity index (χ1) is 11.9. The maximum absolute atomic E-state index is 12.7. The highest BCUT2D eigenvalue weighted by Crippen LogP contribution is 2.28. The van der Waals surface area contributed by atoms with Crippen LogP contribution in [0.2, 0.25) is 0 Å². The summed E-state index contributed by atoms with van der Waals surface area (Å²) in [6.45, 7) is 0.825. The van der Waals surface area contributed by atoms with Gasteiger partial charge in [-0.25, -0.2) is 8.42 Å². The lowest BCUT2D eigenvalue weighted by molar-refractivity contribution is -0.136. The lowest BCUT2D eigenvalue weighted by Gasteiger charge is -2.39. The van der Waals surface area contributed by atoms with Crippen LogP contribution in [0.15, 0.2) is 35.2 Å². The molecule has 25 heavy (non-hydrogen) atoms. The monoisotopic (exact) mass is 365 g/mol. The van der Waals surface area contributed by atoms with Crippen LogP contribution in [0.5, 0.6) is 0 Å². The summed E-state index contributed by atoms with van der Waals surface area (Å²) < 4.78 is 26.8. The molecule has 1 aromatic carbocycles. The van der Waals surface area contributed by atoms with Crippen LogP contribution in [0.1, 0.15) is 32.1 Å². The molecule has 7 heteroatoms. The largest absolute Gasteiger partial charge is 0.341 e. The molecule has 1 aliphatic carbocycles. The van der Waals surface area contributed by atoms with Crippen LogP contribution >= 0.6 is 0 Å². The molecule has 1 atom stereocenters. The molecule has 2 fully saturated rings. The van der Waals surface area contributed by atoms with Crippen molar-refractivity contribution in [2.75, 3.05) is 20.1 Å². The molecule has 2 aliphatic rings. The van der Waals surface area contributed by atoms with E-state index < -0.39 is 16.1 Å². The van der Waals surface area contributed by atoms with Gasteiger partial charge in [0.15, 0.2) is 0 Å². The first kappa shape index (κ1) is 18.4. The van der Waals surface area contributed by atoms with Crippen molar-refractivity contribution in [3.63, 3.8) is 0 Å². The molecule has 138 valence electrons. The second kappa shape index (κ2) is 7.43. The van der Waals surface area contributed by atoms with Gasteiger partial charge in [0.2, 0.25) is 15.9 Å². The van der Waals surface area contributed by atoms with Gasteiger partial charge in [-0.15, -0.1) is 0 Å². The van der Waals surface area contributed by atoms with E-state index in [1.807, 2.05) is 7.05 Å². The number of rotatable bonds is 5. The van der Waals surface area contributed by atoms with Crippen molar-refractivity contribution in [2.24, 2.45) is 11.7 Å². The van der Waals surface area contributed by atoms with E-state index in [0.717, 1.165) is 12.8 Å². The highest BCUT2D eigenvalue weighted by Gasteiger charge is 2.36. The standard InChI is InChI=1S/C18H27N3O3S/c1-20(15-6-5-7-15)18(22)17(19)14-10-12-21(13-11-14)25(23,24)16-8-3-2-4-9-16/h2-4,8-9,14-15,17H,5-7,10-13,19H2,1H3. The molecule has 1 heterocycles. The first-order valence-electron chi connectivity index (χ1n) is 8.98. The van der Waals surface area contributed by atoms with Crippen molar-refractivity contribution in [3.05, 3.63) is 30.3 Å². The number of nitrogens with two attached hydrogens (primary N) is 1. The van der Waals surface area contributed by atoms with Crippen LogP contribution in [0.3, 0.4) is 0 Å². The zero-order valence-electron chi connectivity index (χ0n) is 14.7. The van der Waals surface area contributed by atoms with E-state index in [-0.39, 0.29) is 11.8 Å². The summed E-state index contributed by atoms with van der Waals surface area (Å²) in [5, 5.41) is 0. The predicted octanol–water partition coefficient (Wildman–Crippen LogP) is 1.43. The van der Waals surface area contributed by atoms with Crippen molar-refractivity contribution >= 4 is 15.9 Å². The highest BCUT2D eigenvalue weighted by atomic mass is 32.2. The van der Waals surface area contributed by atoms with Crippen molar-refractivity contribution in [1.82, 2.24) is 9.21 Å². The van der Waals surface area contributed by atoms with Crippen LogP contribution in [-0.2, 0) is 14.8 Å². The second-order valence-corrected chi connectivity index (χ2v) is 9.05. The SMILES string of the molecule is CN(C(=O)C(N)C1CCN(S(=O)(=O)c2ccccc2)CC1)C1CCC1. The van der Waals surface area contributed by atoms with Crippen LogP contribution in [0.25, 0.3) is 0 Å². The summed E-state index contributed by atoms with van der Waals surface area (Å²) in [5.41, 5.74) is 6.22. The Labute approximate surface area is 150 Å². The van der Waals surface area contributed by atoms with Gasteiger partial charge in [-0.3, -0.25) is 4.79 Å². The third-order valence-electron chi connectivity index (χ3n) is 5.64. The predicted molar refractivity (Wildman–Crippen MR) is 96.3 cm³/mol. The maximum atomic E-state index is 12.7. The van der Waals surface area contributed by atoms with Crippen molar-refractivity contribution in [3.8, 4) is 0 Å². The fraction of sp³-hybridized carbons (Fsp3) is 0.611. The minimum atomic E-state index is -3.46. The number of carbonyl (C=O) groups is 1. The fourth-order valence-electron chi connectivity index (χ4n) is 3.61. The van der Waals surface area contributed by atoms with Gasteiger partial charge in [0.05, 0.1) is 10.9 Å². The number of nitrogens with zero attached hydrogens (tertiary/aromatic N) is 2. The molecule has 0 spiro atoms. The molecule has 1 aliphatic heterocycles. The number of carbonyl (C=O) groups excluding carboxylic acids is 1. The Balaban J connectivity index is 1.59. The number of hydrogen-bond donors (Lipinski definition) is 1. The average molecular weight is 365 g/mol. The molecule has 3 rings (SSSR count). The van der Waals surface area contributed by atoms with Crippen molar-refractivity contribution < 1.29 is 13.2 Å². The average Bonchev–Trinajstić information content (AvgIpc) is 2.59. The number of benzene rings is 1. The van der Waals surface area contributed by atoms with E-state index in [2.05, 4.69) is 0 Å². The summed E-state index contributed by atoms with van der Waals surface area (Å²) in [5.74, 6) is 0.0336. The van der Waals surface area contributed by atoms with E-state index >= 15 is 0 Å². The van der Waals surface area contributed by atoms with E-state index in [1.165, 1.54) is 10.7 Å². The summed E-state index contributed by atoms with van der Waals surface area (Å²) in [6, 6.07) is 8.28. The Morgan fingerprint density at radius 1 is 1.16 bits per heavy atom.